The first kappa shape index (κ1) is 23.5. The number of benzene rings is 2. The zero-order valence-electron chi connectivity index (χ0n) is 17.6. The van der Waals surface area contributed by atoms with Crippen LogP contribution in [0.3, 0.4) is 0 Å². The Kier molecular flexibility index (Phi) is 6.97. The van der Waals surface area contributed by atoms with Gasteiger partial charge in [0, 0.05) is 23.9 Å². The Labute approximate surface area is 201 Å². The Balaban J connectivity index is 1.61. The highest BCUT2D eigenvalue weighted by atomic mass is 79.9. The van der Waals surface area contributed by atoms with Gasteiger partial charge in [-0.3, -0.25) is 4.79 Å². The molecule has 0 unspecified atom stereocenters. The number of ether oxygens (including phenoxy) is 1. The minimum Gasteiger partial charge on any atom is -0.468 e. The van der Waals surface area contributed by atoms with Crippen molar-refractivity contribution in [2.75, 3.05) is 6.61 Å². The van der Waals surface area contributed by atoms with Gasteiger partial charge in [0.1, 0.15) is 0 Å². The van der Waals surface area contributed by atoms with Crippen molar-refractivity contribution in [3.63, 3.8) is 0 Å². The molecule has 2 aromatic heterocycles. The lowest BCUT2D eigenvalue weighted by Crippen LogP contribution is -2.25. The van der Waals surface area contributed by atoms with Gasteiger partial charge in [-0.05, 0) is 34.1 Å². The molecule has 6 nitrogen and oxygen atoms in total. The molecule has 1 N–H and O–H groups in total. The van der Waals surface area contributed by atoms with Crippen LogP contribution in [0.1, 0.15) is 16.1 Å². The maximum absolute atomic E-state index is 13.0. The number of para-hydroxylation sites is 1. The number of hydrogen-bond donors (Lipinski definition) is 1. The van der Waals surface area contributed by atoms with Gasteiger partial charge in [0.05, 0.1) is 15.9 Å². The highest BCUT2D eigenvalue weighted by Gasteiger charge is 2.29. The summed E-state index contributed by atoms with van der Waals surface area (Å²) in [5.74, 6) is -0.705. The smallest absolute Gasteiger partial charge is 0.422 e. The van der Waals surface area contributed by atoms with Crippen molar-refractivity contribution >= 4 is 21.8 Å². The van der Waals surface area contributed by atoms with E-state index in [0.29, 0.717) is 15.7 Å². The lowest BCUT2D eigenvalue weighted by atomic mass is 10.1. The van der Waals surface area contributed by atoms with Gasteiger partial charge in [0.25, 0.3) is 5.91 Å². The lowest BCUT2D eigenvalue weighted by molar-refractivity contribution is -0.154. The molecule has 10 heteroatoms. The summed E-state index contributed by atoms with van der Waals surface area (Å²) >= 11 is 3.52. The summed E-state index contributed by atoms with van der Waals surface area (Å²) in [6.07, 6.45) is -3.18. The highest BCUT2D eigenvalue weighted by Crippen LogP contribution is 2.33. The molecule has 4 rings (SSSR count). The second kappa shape index (κ2) is 10.1. The number of alkyl halides is 3. The average Bonchev–Trinajstić information content (AvgIpc) is 3.19. The second-order valence-electron chi connectivity index (χ2n) is 7.18. The van der Waals surface area contributed by atoms with E-state index >= 15 is 0 Å². The van der Waals surface area contributed by atoms with E-state index in [4.69, 9.17) is 4.74 Å². The number of halogens is 4. The van der Waals surface area contributed by atoms with Crippen LogP contribution in [-0.2, 0) is 6.54 Å². The molecular weight excluding hydrogens is 513 g/mol. The molecule has 0 aliphatic heterocycles. The molecule has 0 aliphatic carbocycles. The molecule has 2 aromatic carbocycles. The van der Waals surface area contributed by atoms with Gasteiger partial charge < -0.3 is 10.1 Å². The zero-order valence-corrected chi connectivity index (χ0v) is 19.2. The van der Waals surface area contributed by atoms with Crippen molar-refractivity contribution in [1.82, 2.24) is 20.1 Å². The molecule has 1 amide bonds. The van der Waals surface area contributed by atoms with E-state index in [-0.39, 0.29) is 18.1 Å². The van der Waals surface area contributed by atoms with Crippen molar-refractivity contribution in [2.24, 2.45) is 0 Å². The number of hydrogen-bond acceptors (Lipinski definition) is 4. The summed E-state index contributed by atoms with van der Waals surface area (Å²) in [6, 6.07) is 21.9. The van der Waals surface area contributed by atoms with Gasteiger partial charge in [-0.15, -0.1) is 0 Å². The molecule has 174 valence electrons. The fraction of sp³-hybridized carbons (Fsp3) is 0.125. The third-order valence-electron chi connectivity index (χ3n) is 4.75. The summed E-state index contributed by atoms with van der Waals surface area (Å²) in [7, 11) is 0. The van der Waals surface area contributed by atoms with Gasteiger partial charge in [-0.1, -0.05) is 54.6 Å². The van der Waals surface area contributed by atoms with Gasteiger partial charge in [-0.2, -0.15) is 18.3 Å². The summed E-state index contributed by atoms with van der Waals surface area (Å²) in [4.78, 5) is 16.9. The SMILES string of the molecule is O=C(NCc1cccnc1OCC(F)(F)F)c1nn(-c2ccccc2)c(-c2ccccc2)c1Br. The van der Waals surface area contributed by atoms with Crippen LogP contribution < -0.4 is 10.1 Å². The number of carbonyl (C=O) groups excluding carboxylic acids is 1. The molecule has 4 aromatic rings. The molecule has 0 saturated carbocycles. The van der Waals surface area contributed by atoms with E-state index in [0.717, 1.165) is 11.3 Å². The normalized spacial score (nSPS) is 11.3. The Morgan fingerprint density at radius 3 is 2.35 bits per heavy atom. The molecule has 34 heavy (non-hydrogen) atoms. The van der Waals surface area contributed by atoms with Crippen molar-refractivity contribution < 1.29 is 22.7 Å². The maximum atomic E-state index is 13.0. The van der Waals surface area contributed by atoms with Gasteiger partial charge >= 0.3 is 6.18 Å². The Hall–Kier alpha value is -3.66. The lowest BCUT2D eigenvalue weighted by Gasteiger charge is -2.12. The first-order chi connectivity index (χ1) is 16.3. The fourth-order valence-electron chi connectivity index (χ4n) is 3.24. The Morgan fingerprint density at radius 1 is 1.00 bits per heavy atom. The molecule has 2 heterocycles. The second-order valence-corrected chi connectivity index (χ2v) is 7.97. The van der Waals surface area contributed by atoms with Crippen LogP contribution in [0, 0.1) is 0 Å². The number of aromatic nitrogens is 3. The number of carbonyl (C=O) groups is 1. The highest BCUT2D eigenvalue weighted by molar-refractivity contribution is 9.10. The van der Waals surface area contributed by atoms with Gasteiger partial charge in [-0.25, -0.2) is 9.67 Å². The number of pyridine rings is 1. The van der Waals surface area contributed by atoms with Gasteiger partial charge in [0.15, 0.2) is 12.3 Å². The average molecular weight is 531 g/mol. The van der Waals surface area contributed by atoms with E-state index in [1.165, 1.54) is 12.3 Å². The molecule has 0 atom stereocenters. The van der Waals surface area contributed by atoms with E-state index in [1.807, 2.05) is 60.7 Å². The van der Waals surface area contributed by atoms with E-state index < -0.39 is 18.7 Å². The summed E-state index contributed by atoms with van der Waals surface area (Å²) < 4.78 is 44.5. The summed E-state index contributed by atoms with van der Waals surface area (Å²) in [5.41, 5.74) is 2.73. The van der Waals surface area contributed by atoms with E-state index in [2.05, 4.69) is 31.3 Å². The fourth-order valence-corrected chi connectivity index (χ4v) is 3.90. The third kappa shape index (κ3) is 5.45. The predicted molar refractivity (Wildman–Crippen MR) is 124 cm³/mol. The standard InChI is InChI=1S/C24H18BrF3N4O2/c25-19-20(22(33)30-14-17-10-7-13-29-23(17)34-15-24(26,27)28)31-32(18-11-5-2-6-12-18)21(19)16-8-3-1-4-9-16/h1-13H,14-15H2,(H,30,33). The van der Waals surface area contributed by atoms with Crippen molar-refractivity contribution in [2.45, 2.75) is 12.7 Å². The third-order valence-corrected chi connectivity index (χ3v) is 5.50. The predicted octanol–water partition coefficient (Wildman–Crippen LogP) is 5.57. The molecule has 0 fully saturated rings. The first-order valence-electron chi connectivity index (χ1n) is 10.1. The van der Waals surface area contributed by atoms with Crippen LogP contribution in [0.2, 0.25) is 0 Å². The Morgan fingerprint density at radius 2 is 1.68 bits per heavy atom. The largest absolute Gasteiger partial charge is 0.468 e. The van der Waals surface area contributed by atoms with Crippen LogP contribution in [0.4, 0.5) is 13.2 Å². The summed E-state index contributed by atoms with van der Waals surface area (Å²) in [6.45, 7) is -1.57. The van der Waals surface area contributed by atoms with Crippen LogP contribution in [0.25, 0.3) is 16.9 Å². The monoisotopic (exact) mass is 530 g/mol. The Bertz CT molecular complexity index is 1280. The molecule has 0 spiro atoms. The number of amides is 1. The molecule has 0 saturated heterocycles. The van der Waals surface area contributed by atoms with Crippen molar-refractivity contribution in [1.29, 1.82) is 0 Å². The maximum Gasteiger partial charge on any atom is 0.422 e. The molecule has 0 radical (unpaired) electrons. The summed E-state index contributed by atoms with van der Waals surface area (Å²) in [5, 5.41) is 7.21. The van der Waals surface area contributed by atoms with Gasteiger partial charge in [0.2, 0.25) is 5.88 Å². The van der Waals surface area contributed by atoms with Crippen LogP contribution in [-0.4, -0.2) is 33.5 Å². The number of nitrogens with one attached hydrogen (secondary N) is 1. The van der Waals surface area contributed by atoms with Crippen molar-refractivity contribution in [3.8, 4) is 22.8 Å². The minimum atomic E-state index is -4.50. The minimum absolute atomic E-state index is 0.0921. The molecule has 0 aliphatic rings. The quantitative estimate of drug-likeness (QED) is 0.339. The van der Waals surface area contributed by atoms with Crippen molar-refractivity contribution in [3.05, 3.63) is 94.7 Å². The van der Waals surface area contributed by atoms with Crippen LogP contribution >= 0.6 is 15.9 Å². The topological polar surface area (TPSA) is 69.0 Å². The van der Waals surface area contributed by atoms with E-state index in [1.54, 1.807) is 10.7 Å². The first-order valence-corrected chi connectivity index (χ1v) is 10.9. The van der Waals surface area contributed by atoms with E-state index in [9.17, 15) is 18.0 Å². The number of rotatable bonds is 7. The number of nitrogens with zero attached hydrogens (tertiary/aromatic N) is 3. The zero-order chi connectivity index (χ0) is 24.1. The van der Waals surface area contributed by atoms with Crippen LogP contribution in [0.15, 0.2) is 83.5 Å². The molecule has 0 bridgehead atoms. The molecular formula is C24H18BrF3N4O2. The van der Waals surface area contributed by atoms with Crippen LogP contribution in [0.5, 0.6) is 5.88 Å².